The highest BCUT2D eigenvalue weighted by Crippen LogP contribution is 2.24. The Morgan fingerprint density at radius 2 is 2.11 bits per heavy atom. The van der Waals surface area contributed by atoms with Crippen LogP contribution >= 0.6 is 0 Å². The van der Waals surface area contributed by atoms with Crippen molar-refractivity contribution in [1.29, 1.82) is 0 Å². The molecule has 0 amide bonds. The number of aryl methyl sites for hydroxylation is 1. The number of anilines is 1. The van der Waals surface area contributed by atoms with Crippen molar-refractivity contribution in [2.45, 2.75) is 33.7 Å². The van der Waals surface area contributed by atoms with Crippen molar-refractivity contribution in [1.82, 2.24) is 19.7 Å². The van der Waals surface area contributed by atoms with E-state index in [9.17, 15) is 0 Å². The Labute approximate surface area is 107 Å². The standard InChI is InChI=1S/C13H19N5/c1-4-6-18-8-11(7-17-18)12-10(3)13(14-5-2)16-9-15-12/h7-9H,4-6H2,1-3H3,(H,14,15,16). The lowest BCUT2D eigenvalue weighted by Gasteiger charge is -2.08. The lowest BCUT2D eigenvalue weighted by molar-refractivity contribution is 0.603. The van der Waals surface area contributed by atoms with Crippen molar-refractivity contribution in [3.05, 3.63) is 24.3 Å². The van der Waals surface area contributed by atoms with E-state index < -0.39 is 0 Å². The number of nitrogens with zero attached hydrogens (tertiary/aromatic N) is 4. The fraction of sp³-hybridized carbons (Fsp3) is 0.462. The van der Waals surface area contributed by atoms with E-state index in [4.69, 9.17) is 0 Å². The first kappa shape index (κ1) is 12.5. The molecule has 0 aliphatic heterocycles. The van der Waals surface area contributed by atoms with Crippen LogP contribution in [0.1, 0.15) is 25.8 Å². The van der Waals surface area contributed by atoms with E-state index in [1.54, 1.807) is 6.33 Å². The molecule has 5 nitrogen and oxygen atoms in total. The van der Waals surface area contributed by atoms with Gasteiger partial charge in [-0.1, -0.05) is 6.92 Å². The Morgan fingerprint density at radius 1 is 1.28 bits per heavy atom. The van der Waals surface area contributed by atoms with Crippen molar-refractivity contribution in [2.75, 3.05) is 11.9 Å². The second-order valence-electron chi connectivity index (χ2n) is 4.22. The minimum atomic E-state index is 0.854. The minimum Gasteiger partial charge on any atom is -0.370 e. The Hall–Kier alpha value is -1.91. The van der Waals surface area contributed by atoms with Crippen LogP contribution in [0.15, 0.2) is 18.7 Å². The van der Waals surface area contributed by atoms with Gasteiger partial charge in [0.25, 0.3) is 0 Å². The quantitative estimate of drug-likeness (QED) is 0.879. The first-order valence-electron chi connectivity index (χ1n) is 6.34. The van der Waals surface area contributed by atoms with Gasteiger partial charge >= 0.3 is 0 Å². The van der Waals surface area contributed by atoms with Crippen LogP contribution in [0.25, 0.3) is 11.3 Å². The van der Waals surface area contributed by atoms with Gasteiger partial charge in [-0.25, -0.2) is 9.97 Å². The maximum absolute atomic E-state index is 4.36. The summed E-state index contributed by atoms with van der Waals surface area (Å²) < 4.78 is 1.95. The number of nitrogens with one attached hydrogen (secondary N) is 1. The molecule has 0 bridgehead atoms. The Balaban J connectivity index is 2.34. The normalized spacial score (nSPS) is 10.6. The summed E-state index contributed by atoms with van der Waals surface area (Å²) in [5.74, 6) is 0.894. The largest absolute Gasteiger partial charge is 0.370 e. The molecule has 0 spiro atoms. The molecule has 2 rings (SSSR count). The molecule has 0 radical (unpaired) electrons. The third kappa shape index (κ3) is 2.50. The molecule has 0 aliphatic rings. The SMILES string of the molecule is CCCn1cc(-c2ncnc(NCC)c2C)cn1. The Morgan fingerprint density at radius 3 is 2.83 bits per heavy atom. The lowest BCUT2D eigenvalue weighted by Crippen LogP contribution is -2.03. The van der Waals surface area contributed by atoms with Crippen molar-refractivity contribution < 1.29 is 0 Å². The van der Waals surface area contributed by atoms with Crippen molar-refractivity contribution >= 4 is 5.82 Å². The van der Waals surface area contributed by atoms with E-state index in [1.807, 2.05) is 24.0 Å². The van der Waals surface area contributed by atoms with Gasteiger partial charge in [-0.3, -0.25) is 4.68 Å². The summed E-state index contributed by atoms with van der Waals surface area (Å²) in [5, 5.41) is 7.57. The van der Waals surface area contributed by atoms with Crippen LogP contribution in [-0.4, -0.2) is 26.3 Å². The van der Waals surface area contributed by atoms with E-state index in [0.29, 0.717) is 0 Å². The van der Waals surface area contributed by atoms with Gasteiger partial charge in [0.2, 0.25) is 0 Å². The highest BCUT2D eigenvalue weighted by Gasteiger charge is 2.10. The molecule has 0 unspecified atom stereocenters. The Kier molecular flexibility index (Phi) is 3.92. The lowest BCUT2D eigenvalue weighted by atomic mass is 10.1. The molecule has 0 saturated heterocycles. The molecule has 18 heavy (non-hydrogen) atoms. The topological polar surface area (TPSA) is 55.6 Å². The van der Waals surface area contributed by atoms with Gasteiger partial charge in [0.1, 0.15) is 12.1 Å². The summed E-state index contributed by atoms with van der Waals surface area (Å²) in [5.41, 5.74) is 3.06. The predicted molar refractivity (Wildman–Crippen MR) is 72.4 cm³/mol. The zero-order chi connectivity index (χ0) is 13.0. The molecule has 0 atom stereocenters. The molecule has 2 aromatic rings. The molecule has 96 valence electrons. The second kappa shape index (κ2) is 5.62. The molecule has 1 N–H and O–H groups in total. The maximum atomic E-state index is 4.36. The van der Waals surface area contributed by atoms with Gasteiger partial charge in [-0.05, 0) is 20.3 Å². The molecular weight excluding hydrogens is 226 g/mol. The molecular formula is C13H19N5. The summed E-state index contributed by atoms with van der Waals surface area (Å²) in [4.78, 5) is 8.61. The van der Waals surface area contributed by atoms with Gasteiger partial charge in [0.05, 0.1) is 11.9 Å². The Bertz CT molecular complexity index is 518. The molecule has 2 aromatic heterocycles. The van der Waals surface area contributed by atoms with Crippen LogP contribution in [0.3, 0.4) is 0 Å². The molecule has 5 heteroatoms. The van der Waals surface area contributed by atoms with E-state index in [1.165, 1.54) is 0 Å². The minimum absolute atomic E-state index is 0.854. The molecule has 0 aliphatic carbocycles. The first-order valence-corrected chi connectivity index (χ1v) is 6.34. The summed E-state index contributed by atoms with van der Waals surface area (Å²) in [6.45, 7) is 8.02. The fourth-order valence-electron chi connectivity index (χ4n) is 1.92. The number of rotatable bonds is 5. The highest BCUT2D eigenvalue weighted by atomic mass is 15.3. The van der Waals surface area contributed by atoms with Crippen molar-refractivity contribution in [3.8, 4) is 11.3 Å². The number of hydrogen-bond donors (Lipinski definition) is 1. The second-order valence-corrected chi connectivity index (χ2v) is 4.22. The first-order chi connectivity index (χ1) is 8.76. The van der Waals surface area contributed by atoms with Gasteiger partial charge in [-0.2, -0.15) is 5.10 Å². The monoisotopic (exact) mass is 245 g/mol. The van der Waals surface area contributed by atoms with Crippen LogP contribution < -0.4 is 5.32 Å². The number of hydrogen-bond acceptors (Lipinski definition) is 4. The van der Waals surface area contributed by atoms with Crippen molar-refractivity contribution in [3.63, 3.8) is 0 Å². The van der Waals surface area contributed by atoms with Gasteiger partial charge in [0.15, 0.2) is 0 Å². The fourth-order valence-corrected chi connectivity index (χ4v) is 1.92. The summed E-state index contributed by atoms with van der Waals surface area (Å²) in [7, 11) is 0. The van der Waals surface area contributed by atoms with E-state index in [-0.39, 0.29) is 0 Å². The van der Waals surface area contributed by atoms with Gasteiger partial charge in [0, 0.05) is 30.4 Å². The average Bonchev–Trinajstić information content (AvgIpc) is 2.81. The third-order valence-electron chi connectivity index (χ3n) is 2.79. The average molecular weight is 245 g/mol. The zero-order valence-electron chi connectivity index (χ0n) is 11.1. The smallest absolute Gasteiger partial charge is 0.132 e. The van der Waals surface area contributed by atoms with Crippen LogP contribution in [0.5, 0.6) is 0 Å². The summed E-state index contributed by atoms with van der Waals surface area (Å²) in [6.07, 6.45) is 6.57. The van der Waals surface area contributed by atoms with Crippen molar-refractivity contribution in [2.24, 2.45) is 0 Å². The molecule has 0 fully saturated rings. The highest BCUT2D eigenvalue weighted by molar-refractivity contribution is 5.66. The van der Waals surface area contributed by atoms with E-state index in [0.717, 1.165) is 42.1 Å². The van der Waals surface area contributed by atoms with Crippen LogP contribution in [-0.2, 0) is 6.54 Å². The van der Waals surface area contributed by atoms with Gasteiger partial charge < -0.3 is 5.32 Å². The van der Waals surface area contributed by atoms with Crippen LogP contribution in [0.2, 0.25) is 0 Å². The van der Waals surface area contributed by atoms with E-state index >= 15 is 0 Å². The zero-order valence-corrected chi connectivity index (χ0v) is 11.1. The molecule has 0 saturated carbocycles. The molecule has 0 aromatic carbocycles. The van der Waals surface area contributed by atoms with E-state index in [2.05, 4.69) is 34.2 Å². The predicted octanol–water partition coefficient (Wildman–Crippen LogP) is 2.49. The summed E-state index contributed by atoms with van der Waals surface area (Å²) >= 11 is 0. The van der Waals surface area contributed by atoms with Crippen LogP contribution in [0, 0.1) is 6.92 Å². The molecule has 2 heterocycles. The van der Waals surface area contributed by atoms with Crippen LogP contribution in [0.4, 0.5) is 5.82 Å². The van der Waals surface area contributed by atoms with Gasteiger partial charge in [-0.15, -0.1) is 0 Å². The summed E-state index contributed by atoms with van der Waals surface area (Å²) in [6, 6.07) is 0. The maximum Gasteiger partial charge on any atom is 0.132 e. The number of aromatic nitrogens is 4. The third-order valence-corrected chi connectivity index (χ3v) is 2.79.